The molecule has 1 amide bonds. The van der Waals surface area contributed by atoms with Gasteiger partial charge in [0.2, 0.25) is 5.91 Å². The highest BCUT2D eigenvalue weighted by molar-refractivity contribution is 5.78. The summed E-state index contributed by atoms with van der Waals surface area (Å²) in [7, 11) is 0. The van der Waals surface area contributed by atoms with Crippen LogP contribution in [-0.4, -0.2) is 30.4 Å². The van der Waals surface area contributed by atoms with Crippen LogP contribution in [0, 0.1) is 17.3 Å². The first kappa shape index (κ1) is 12.5. The standard InChI is InChI=1S/C12H24N2O/c1-9(12(2,3)4)7-14-8-10(6-13)5-11(14)15/h9-10H,5-8,13H2,1-4H3. The van der Waals surface area contributed by atoms with Crippen molar-refractivity contribution < 1.29 is 4.79 Å². The van der Waals surface area contributed by atoms with E-state index in [4.69, 9.17) is 5.73 Å². The van der Waals surface area contributed by atoms with Crippen LogP contribution in [0.25, 0.3) is 0 Å². The maximum atomic E-state index is 11.7. The molecular formula is C12H24N2O. The van der Waals surface area contributed by atoms with E-state index in [0.717, 1.165) is 13.1 Å². The number of amides is 1. The summed E-state index contributed by atoms with van der Waals surface area (Å²) in [5.41, 5.74) is 5.86. The fraction of sp³-hybridized carbons (Fsp3) is 0.917. The monoisotopic (exact) mass is 212 g/mol. The lowest BCUT2D eigenvalue weighted by molar-refractivity contribution is -0.128. The van der Waals surface area contributed by atoms with Gasteiger partial charge in [-0.3, -0.25) is 4.79 Å². The smallest absolute Gasteiger partial charge is 0.222 e. The van der Waals surface area contributed by atoms with E-state index in [-0.39, 0.29) is 11.3 Å². The zero-order valence-electron chi connectivity index (χ0n) is 10.4. The maximum absolute atomic E-state index is 11.7. The van der Waals surface area contributed by atoms with E-state index < -0.39 is 0 Å². The molecule has 2 atom stereocenters. The topological polar surface area (TPSA) is 46.3 Å². The molecule has 3 heteroatoms. The number of carbonyl (C=O) groups excluding carboxylic acids is 1. The van der Waals surface area contributed by atoms with Gasteiger partial charge in [0.15, 0.2) is 0 Å². The summed E-state index contributed by atoms with van der Waals surface area (Å²) in [5.74, 6) is 1.18. The van der Waals surface area contributed by atoms with Crippen LogP contribution in [0.3, 0.4) is 0 Å². The van der Waals surface area contributed by atoms with E-state index in [2.05, 4.69) is 27.7 Å². The van der Waals surface area contributed by atoms with Gasteiger partial charge in [-0.05, 0) is 23.8 Å². The first-order chi connectivity index (χ1) is 6.84. The van der Waals surface area contributed by atoms with E-state index in [0.29, 0.717) is 24.8 Å². The highest BCUT2D eigenvalue weighted by atomic mass is 16.2. The Morgan fingerprint density at radius 2 is 2.13 bits per heavy atom. The van der Waals surface area contributed by atoms with Crippen molar-refractivity contribution in [3.63, 3.8) is 0 Å². The number of hydrogen-bond acceptors (Lipinski definition) is 2. The quantitative estimate of drug-likeness (QED) is 0.770. The third kappa shape index (κ3) is 3.20. The van der Waals surface area contributed by atoms with Crippen molar-refractivity contribution in [1.82, 2.24) is 4.90 Å². The van der Waals surface area contributed by atoms with Gasteiger partial charge in [0.1, 0.15) is 0 Å². The van der Waals surface area contributed by atoms with Gasteiger partial charge < -0.3 is 10.6 Å². The molecule has 0 radical (unpaired) electrons. The molecule has 0 aromatic rings. The van der Waals surface area contributed by atoms with Crippen molar-refractivity contribution in [2.75, 3.05) is 19.6 Å². The maximum Gasteiger partial charge on any atom is 0.222 e. The molecule has 3 nitrogen and oxygen atoms in total. The largest absolute Gasteiger partial charge is 0.342 e. The van der Waals surface area contributed by atoms with Crippen molar-refractivity contribution in [3.8, 4) is 0 Å². The summed E-state index contributed by atoms with van der Waals surface area (Å²) in [6.07, 6.45) is 0.646. The molecule has 1 rings (SSSR count). The highest BCUT2D eigenvalue weighted by Gasteiger charge is 2.31. The van der Waals surface area contributed by atoms with E-state index in [1.165, 1.54) is 0 Å². The minimum absolute atomic E-state index is 0.265. The van der Waals surface area contributed by atoms with Gasteiger partial charge >= 0.3 is 0 Å². The molecule has 1 saturated heterocycles. The van der Waals surface area contributed by atoms with E-state index >= 15 is 0 Å². The first-order valence-corrected chi connectivity index (χ1v) is 5.82. The lowest BCUT2D eigenvalue weighted by Gasteiger charge is -2.31. The number of rotatable bonds is 3. The average molecular weight is 212 g/mol. The molecule has 1 aliphatic heterocycles. The minimum atomic E-state index is 0.265. The second-order valence-corrected chi connectivity index (χ2v) is 5.87. The van der Waals surface area contributed by atoms with Crippen molar-refractivity contribution >= 4 is 5.91 Å². The van der Waals surface area contributed by atoms with Gasteiger partial charge in [0, 0.05) is 19.5 Å². The molecule has 0 aromatic carbocycles. The summed E-state index contributed by atoms with van der Waals surface area (Å²) in [6, 6.07) is 0. The molecule has 88 valence electrons. The molecule has 0 saturated carbocycles. The molecule has 0 aromatic heterocycles. The SMILES string of the molecule is CC(CN1CC(CN)CC1=O)C(C)(C)C. The first-order valence-electron chi connectivity index (χ1n) is 5.82. The zero-order chi connectivity index (χ0) is 11.6. The number of likely N-dealkylation sites (tertiary alicyclic amines) is 1. The predicted octanol–water partition coefficient (Wildman–Crippen LogP) is 1.48. The molecule has 0 spiro atoms. The molecule has 0 aliphatic carbocycles. The van der Waals surface area contributed by atoms with Gasteiger partial charge in [-0.15, -0.1) is 0 Å². The molecule has 2 unspecified atom stereocenters. The van der Waals surface area contributed by atoms with Crippen LogP contribution in [0.2, 0.25) is 0 Å². The highest BCUT2D eigenvalue weighted by Crippen LogP contribution is 2.28. The lowest BCUT2D eigenvalue weighted by atomic mass is 9.82. The van der Waals surface area contributed by atoms with Crippen LogP contribution in [0.15, 0.2) is 0 Å². The van der Waals surface area contributed by atoms with Gasteiger partial charge in [-0.2, -0.15) is 0 Å². The van der Waals surface area contributed by atoms with E-state index in [1.807, 2.05) is 4.90 Å². The Bertz CT molecular complexity index is 232. The van der Waals surface area contributed by atoms with E-state index in [9.17, 15) is 4.79 Å². The van der Waals surface area contributed by atoms with Gasteiger partial charge in [0.25, 0.3) is 0 Å². The van der Waals surface area contributed by atoms with Gasteiger partial charge in [-0.1, -0.05) is 27.7 Å². The summed E-state index contributed by atoms with van der Waals surface area (Å²) >= 11 is 0. The molecule has 15 heavy (non-hydrogen) atoms. The molecule has 2 N–H and O–H groups in total. The van der Waals surface area contributed by atoms with Gasteiger partial charge in [0.05, 0.1) is 0 Å². The Morgan fingerprint density at radius 3 is 2.53 bits per heavy atom. The van der Waals surface area contributed by atoms with E-state index in [1.54, 1.807) is 0 Å². The molecule has 1 aliphatic rings. The molecular weight excluding hydrogens is 188 g/mol. The van der Waals surface area contributed by atoms with Crippen LogP contribution in [0.4, 0.5) is 0 Å². The van der Waals surface area contributed by atoms with Crippen LogP contribution in [0.1, 0.15) is 34.1 Å². The van der Waals surface area contributed by atoms with Crippen LogP contribution < -0.4 is 5.73 Å². The number of carbonyl (C=O) groups is 1. The number of nitrogens with two attached hydrogens (primary N) is 1. The Balaban J connectivity index is 2.49. The Labute approximate surface area is 93.0 Å². The summed E-state index contributed by atoms with van der Waals surface area (Å²) in [6.45, 7) is 11.2. The fourth-order valence-electron chi connectivity index (χ4n) is 1.79. The normalized spacial score (nSPS) is 24.7. The van der Waals surface area contributed by atoms with Crippen LogP contribution >= 0.6 is 0 Å². The average Bonchev–Trinajstić information content (AvgIpc) is 2.45. The van der Waals surface area contributed by atoms with Crippen molar-refractivity contribution in [3.05, 3.63) is 0 Å². The lowest BCUT2D eigenvalue weighted by Crippen LogP contribution is -2.35. The zero-order valence-corrected chi connectivity index (χ0v) is 10.4. The summed E-state index contributed by atoms with van der Waals surface area (Å²) in [5, 5.41) is 0. The Morgan fingerprint density at radius 1 is 1.53 bits per heavy atom. The van der Waals surface area contributed by atoms with Crippen LogP contribution in [-0.2, 0) is 4.79 Å². The second-order valence-electron chi connectivity index (χ2n) is 5.87. The molecule has 0 bridgehead atoms. The second kappa shape index (κ2) is 4.52. The number of nitrogens with zero attached hydrogens (tertiary/aromatic N) is 1. The summed E-state index contributed by atoms with van der Waals surface area (Å²) in [4.78, 5) is 13.7. The van der Waals surface area contributed by atoms with Gasteiger partial charge in [-0.25, -0.2) is 0 Å². The number of hydrogen-bond donors (Lipinski definition) is 1. The molecule has 1 heterocycles. The van der Waals surface area contributed by atoms with Crippen molar-refractivity contribution in [1.29, 1.82) is 0 Å². The molecule has 1 fully saturated rings. The van der Waals surface area contributed by atoms with Crippen molar-refractivity contribution in [2.45, 2.75) is 34.1 Å². The predicted molar refractivity (Wildman–Crippen MR) is 62.4 cm³/mol. The Hall–Kier alpha value is -0.570. The third-order valence-corrected chi connectivity index (χ3v) is 3.60. The van der Waals surface area contributed by atoms with Crippen LogP contribution in [0.5, 0.6) is 0 Å². The Kier molecular flexibility index (Phi) is 3.77. The fourth-order valence-corrected chi connectivity index (χ4v) is 1.79. The summed E-state index contributed by atoms with van der Waals surface area (Å²) < 4.78 is 0. The van der Waals surface area contributed by atoms with Crippen molar-refractivity contribution in [2.24, 2.45) is 23.0 Å². The minimum Gasteiger partial charge on any atom is -0.342 e. The third-order valence-electron chi connectivity index (χ3n) is 3.60.